The monoisotopic (exact) mass is 272 g/mol. The number of piperidine rings is 1. The summed E-state index contributed by atoms with van der Waals surface area (Å²) in [6.07, 6.45) is 8.62. The largest absolute Gasteiger partial charge is 0.329 e. The molecule has 2 heteroatoms. The van der Waals surface area contributed by atoms with Crippen LogP contribution in [0.15, 0.2) is 24.3 Å². The summed E-state index contributed by atoms with van der Waals surface area (Å²) in [6, 6.07) is 9.28. The molecule has 2 nitrogen and oxygen atoms in total. The average Bonchev–Trinajstić information content (AvgIpc) is 2.91. The van der Waals surface area contributed by atoms with Crippen molar-refractivity contribution in [2.24, 2.45) is 11.1 Å². The summed E-state index contributed by atoms with van der Waals surface area (Å²) >= 11 is 0. The molecule has 1 saturated heterocycles. The fraction of sp³-hybridized carbons (Fsp3) is 0.667. The lowest BCUT2D eigenvalue weighted by molar-refractivity contribution is 0.0780. The molecule has 0 aromatic heterocycles. The number of nitrogens with two attached hydrogens (primary N) is 1. The van der Waals surface area contributed by atoms with E-state index in [0.29, 0.717) is 11.5 Å². The molecule has 1 aliphatic heterocycles. The zero-order chi connectivity index (χ0) is 14.0. The van der Waals surface area contributed by atoms with Crippen molar-refractivity contribution in [2.75, 3.05) is 19.6 Å². The van der Waals surface area contributed by atoms with E-state index in [0.717, 1.165) is 6.54 Å². The van der Waals surface area contributed by atoms with Crippen molar-refractivity contribution in [3.05, 3.63) is 35.4 Å². The molecule has 2 aliphatic rings. The summed E-state index contributed by atoms with van der Waals surface area (Å²) in [5.41, 5.74) is 9.52. The number of hydrogen-bond donors (Lipinski definition) is 1. The lowest BCUT2D eigenvalue weighted by Gasteiger charge is -2.42. The molecule has 1 spiro atoms. The van der Waals surface area contributed by atoms with Crippen molar-refractivity contribution in [2.45, 2.75) is 51.5 Å². The first-order valence-corrected chi connectivity index (χ1v) is 8.23. The lowest BCUT2D eigenvalue weighted by Crippen LogP contribution is -2.43. The van der Waals surface area contributed by atoms with Crippen molar-refractivity contribution in [3.8, 4) is 0 Å². The predicted molar refractivity (Wildman–Crippen MR) is 84.7 cm³/mol. The highest BCUT2D eigenvalue weighted by Crippen LogP contribution is 2.47. The van der Waals surface area contributed by atoms with Crippen LogP contribution in [0.25, 0.3) is 0 Å². The van der Waals surface area contributed by atoms with Crippen LogP contribution in [0.3, 0.4) is 0 Å². The molecular weight excluding hydrogens is 244 g/mol. The molecule has 0 radical (unpaired) electrons. The van der Waals surface area contributed by atoms with Gasteiger partial charge in [-0.3, -0.25) is 4.90 Å². The molecule has 1 aromatic carbocycles. The highest BCUT2D eigenvalue weighted by molar-refractivity contribution is 5.25. The van der Waals surface area contributed by atoms with Crippen molar-refractivity contribution < 1.29 is 0 Å². The van der Waals surface area contributed by atoms with E-state index in [2.05, 4.69) is 36.1 Å². The summed E-state index contributed by atoms with van der Waals surface area (Å²) in [6.45, 7) is 5.36. The van der Waals surface area contributed by atoms with Crippen LogP contribution in [-0.4, -0.2) is 24.5 Å². The highest BCUT2D eigenvalue weighted by Gasteiger charge is 2.38. The van der Waals surface area contributed by atoms with Gasteiger partial charge in [0.1, 0.15) is 0 Å². The van der Waals surface area contributed by atoms with Gasteiger partial charge in [0.25, 0.3) is 0 Å². The van der Waals surface area contributed by atoms with E-state index in [1.54, 1.807) is 0 Å². The second kappa shape index (κ2) is 5.87. The van der Waals surface area contributed by atoms with Gasteiger partial charge in [0.05, 0.1) is 0 Å². The molecule has 3 rings (SSSR count). The Balaban J connectivity index is 1.69. The standard InChI is InChI=1S/C18H28N2/c1-15-5-4-6-16(13-15)17(14-19)20-11-9-18(10-12-20)7-2-3-8-18/h4-6,13,17H,2-3,7-12,14,19H2,1H3. The first-order valence-electron chi connectivity index (χ1n) is 8.23. The highest BCUT2D eigenvalue weighted by atomic mass is 15.2. The summed E-state index contributed by atoms with van der Waals surface area (Å²) in [4.78, 5) is 2.62. The Morgan fingerprint density at radius 3 is 2.45 bits per heavy atom. The van der Waals surface area contributed by atoms with Gasteiger partial charge in [0.15, 0.2) is 0 Å². The average molecular weight is 272 g/mol. The summed E-state index contributed by atoms with van der Waals surface area (Å²) in [5.74, 6) is 0. The number of likely N-dealkylation sites (tertiary alicyclic amines) is 1. The van der Waals surface area contributed by atoms with Crippen LogP contribution in [0.4, 0.5) is 0 Å². The minimum absolute atomic E-state index is 0.411. The van der Waals surface area contributed by atoms with Gasteiger partial charge >= 0.3 is 0 Å². The summed E-state index contributed by atoms with van der Waals surface area (Å²) < 4.78 is 0. The third kappa shape index (κ3) is 2.77. The smallest absolute Gasteiger partial charge is 0.0470 e. The fourth-order valence-corrected chi connectivity index (χ4v) is 4.31. The quantitative estimate of drug-likeness (QED) is 0.910. The van der Waals surface area contributed by atoms with Crippen LogP contribution in [0.2, 0.25) is 0 Å². The van der Waals surface area contributed by atoms with Crippen LogP contribution in [-0.2, 0) is 0 Å². The van der Waals surface area contributed by atoms with E-state index < -0.39 is 0 Å². The predicted octanol–water partition coefficient (Wildman–Crippen LogP) is 3.65. The lowest BCUT2D eigenvalue weighted by atomic mass is 9.76. The van der Waals surface area contributed by atoms with E-state index in [1.165, 1.54) is 62.7 Å². The maximum atomic E-state index is 6.09. The van der Waals surface area contributed by atoms with Crippen LogP contribution in [0.5, 0.6) is 0 Å². The molecule has 1 aromatic rings. The Morgan fingerprint density at radius 2 is 1.85 bits per heavy atom. The number of rotatable bonds is 3. The van der Waals surface area contributed by atoms with E-state index in [1.807, 2.05) is 0 Å². The maximum Gasteiger partial charge on any atom is 0.0470 e. The maximum absolute atomic E-state index is 6.09. The van der Waals surface area contributed by atoms with Crippen LogP contribution in [0, 0.1) is 12.3 Å². The van der Waals surface area contributed by atoms with Gasteiger partial charge in [0.2, 0.25) is 0 Å². The second-order valence-corrected chi connectivity index (χ2v) is 6.91. The molecule has 1 aliphatic carbocycles. The topological polar surface area (TPSA) is 29.3 Å². The number of aryl methyl sites for hydroxylation is 1. The number of benzene rings is 1. The molecule has 0 bridgehead atoms. The zero-order valence-corrected chi connectivity index (χ0v) is 12.8. The molecule has 0 amide bonds. The van der Waals surface area contributed by atoms with Gasteiger partial charge in [-0.05, 0) is 56.7 Å². The fourth-order valence-electron chi connectivity index (χ4n) is 4.31. The first kappa shape index (κ1) is 14.1. The Labute approximate surface area is 123 Å². The molecule has 110 valence electrons. The Kier molecular flexibility index (Phi) is 4.13. The SMILES string of the molecule is Cc1cccc(C(CN)N2CCC3(CCCC3)CC2)c1. The summed E-state index contributed by atoms with van der Waals surface area (Å²) in [5, 5.41) is 0. The van der Waals surface area contributed by atoms with Crippen LogP contribution < -0.4 is 5.73 Å². The molecule has 2 fully saturated rings. The van der Waals surface area contributed by atoms with Gasteiger partial charge in [-0.1, -0.05) is 42.7 Å². The Bertz CT molecular complexity index is 438. The molecule has 1 saturated carbocycles. The third-order valence-corrected chi connectivity index (χ3v) is 5.61. The molecule has 1 atom stereocenters. The van der Waals surface area contributed by atoms with Gasteiger partial charge in [-0.25, -0.2) is 0 Å². The van der Waals surface area contributed by atoms with Gasteiger partial charge < -0.3 is 5.73 Å². The van der Waals surface area contributed by atoms with Crippen molar-refractivity contribution in [1.29, 1.82) is 0 Å². The molecule has 1 unspecified atom stereocenters. The van der Waals surface area contributed by atoms with Gasteiger partial charge in [-0.2, -0.15) is 0 Å². The van der Waals surface area contributed by atoms with E-state index >= 15 is 0 Å². The molecule has 20 heavy (non-hydrogen) atoms. The van der Waals surface area contributed by atoms with E-state index in [9.17, 15) is 0 Å². The van der Waals surface area contributed by atoms with Crippen molar-refractivity contribution >= 4 is 0 Å². The first-order chi connectivity index (χ1) is 9.72. The van der Waals surface area contributed by atoms with E-state index in [-0.39, 0.29) is 0 Å². The molecule has 2 N–H and O–H groups in total. The zero-order valence-electron chi connectivity index (χ0n) is 12.8. The number of hydrogen-bond acceptors (Lipinski definition) is 2. The summed E-state index contributed by atoms with van der Waals surface area (Å²) in [7, 11) is 0. The Hall–Kier alpha value is -0.860. The number of nitrogens with zero attached hydrogens (tertiary/aromatic N) is 1. The Morgan fingerprint density at radius 1 is 1.15 bits per heavy atom. The second-order valence-electron chi connectivity index (χ2n) is 6.91. The minimum atomic E-state index is 0.411. The van der Waals surface area contributed by atoms with E-state index in [4.69, 9.17) is 5.73 Å². The normalized spacial score (nSPS) is 24.1. The van der Waals surface area contributed by atoms with Crippen LogP contribution >= 0.6 is 0 Å². The van der Waals surface area contributed by atoms with Gasteiger partial charge in [0, 0.05) is 12.6 Å². The third-order valence-electron chi connectivity index (χ3n) is 5.61. The molecular formula is C18H28N2. The van der Waals surface area contributed by atoms with Crippen molar-refractivity contribution in [1.82, 2.24) is 4.90 Å². The van der Waals surface area contributed by atoms with Crippen molar-refractivity contribution in [3.63, 3.8) is 0 Å². The minimum Gasteiger partial charge on any atom is -0.329 e. The van der Waals surface area contributed by atoms with Crippen LogP contribution in [0.1, 0.15) is 55.7 Å². The molecule has 1 heterocycles. The van der Waals surface area contributed by atoms with Gasteiger partial charge in [-0.15, -0.1) is 0 Å².